The van der Waals surface area contributed by atoms with E-state index in [1.807, 2.05) is 27.9 Å². The first-order valence-corrected chi connectivity index (χ1v) is 3.98. The largest absolute Gasteiger partial charge is 0.376 e. The Morgan fingerprint density at radius 2 is 1.83 bits per heavy atom. The Hall–Kier alpha value is -1.12. The average molecular weight is 170 g/mol. The van der Waals surface area contributed by atoms with Crippen molar-refractivity contribution in [3.63, 3.8) is 0 Å². The molecule has 1 heterocycles. The van der Waals surface area contributed by atoms with E-state index in [1.165, 1.54) is 12.3 Å². The standard InChI is InChI=1S/C7H9FN2.C2H6/c1-10(2)7-3-6(8)4-9-5-7;1-2/h3-5H,1-2H3;1-2H3. The highest BCUT2D eigenvalue weighted by Crippen LogP contribution is 2.08. The number of hydrogen-bond donors (Lipinski definition) is 0. The number of rotatable bonds is 1. The normalized spacial score (nSPS) is 8.42. The summed E-state index contributed by atoms with van der Waals surface area (Å²) >= 11 is 0. The molecule has 0 aromatic carbocycles. The zero-order valence-corrected chi connectivity index (χ0v) is 8.00. The van der Waals surface area contributed by atoms with Crippen LogP contribution in [0.3, 0.4) is 0 Å². The molecule has 68 valence electrons. The zero-order valence-electron chi connectivity index (χ0n) is 8.00. The van der Waals surface area contributed by atoms with Crippen LogP contribution in [0, 0.1) is 5.82 Å². The molecule has 0 aliphatic heterocycles. The number of halogens is 1. The second-order valence-electron chi connectivity index (χ2n) is 2.26. The quantitative estimate of drug-likeness (QED) is 0.643. The van der Waals surface area contributed by atoms with Crippen LogP contribution in [0.5, 0.6) is 0 Å². The van der Waals surface area contributed by atoms with Crippen LogP contribution < -0.4 is 4.90 Å². The molecular formula is C9H15FN2. The van der Waals surface area contributed by atoms with Crippen molar-refractivity contribution in [1.82, 2.24) is 4.98 Å². The van der Waals surface area contributed by atoms with Crippen molar-refractivity contribution >= 4 is 5.69 Å². The molecule has 1 aromatic rings. The predicted octanol–water partition coefficient (Wildman–Crippen LogP) is 2.31. The van der Waals surface area contributed by atoms with Gasteiger partial charge in [0.25, 0.3) is 0 Å². The summed E-state index contributed by atoms with van der Waals surface area (Å²) in [6, 6.07) is 1.44. The van der Waals surface area contributed by atoms with Gasteiger partial charge in [-0.3, -0.25) is 4.98 Å². The second kappa shape index (κ2) is 5.52. The molecule has 1 aromatic heterocycles. The minimum Gasteiger partial charge on any atom is -0.376 e. The molecule has 3 heteroatoms. The van der Waals surface area contributed by atoms with Crippen LogP contribution in [0.4, 0.5) is 10.1 Å². The minimum absolute atomic E-state index is 0.300. The summed E-state index contributed by atoms with van der Waals surface area (Å²) in [6.45, 7) is 4.00. The van der Waals surface area contributed by atoms with Gasteiger partial charge >= 0.3 is 0 Å². The van der Waals surface area contributed by atoms with Gasteiger partial charge in [-0.25, -0.2) is 4.39 Å². The molecule has 0 N–H and O–H groups in total. The first-order chi connectivity index (χ1) is 5.70. The Kier molecular flexibility index (Phi) is 5.00. The van der Waals surface area contributed by atoms with E-state index in [9.17, 15) is 4.39 Å². The highest BCUT2D eigenvalue weighted by atomic mass is 19.1. The molecule has 2 nitrogen and oxygen atoms in total. The van der Waals surface area contributed by atoms with Gasteiger partial charge < -0.3 is 4.90 Å². The second-order valence-corrected chi connectivity index (χ2v) is 2.26. The molecule has 0 atom stereocenters. The van der Waals surface area contributed by atoms with Crippen LogP contribution in [0.1, 0.15) is 13.8 Å². The molecule has 12 heavy (non-hydrogen) atoms. The number of nitrogens with zero attached hydrogens (tertiary/aromatic N) is 2. The van der Waals surface area contributed by atoms with Crippen molar-refractivity contribution in [1.29, 1.82) is 0 Å². The van der Waals surface area contributed by atoms with Gasteiger partial charge in [0.15, 0.2) is 0 Å². The Morgan fingerprint density at radius 1 is 1.25 bits per heavy atom. The fraction of sp³-hybridized carbons (Fsp3) is 0.444. The summed E-state index contributed by atoms with van der Waals surface area (Å²) in [7, 11) is 3.69. The first kappa shape index (κ1) is 10.9. The van der Waals surface area contributed by atoms with Gasteiger partial charge in [0, 0.05) is 20.2 Å². The van der Waals surface area contributed by atoms with Gasteiger partial charge in [0.1, 0.15) is 5.82 Å². The number of aromatic nitrogens is 1. The van der Waals surface area contributed by atoms with Crippen molar-refractivity contribution < 1.29 is 4.39 Å². The summed E-state index contributed by atoms with van der Waals surface area (Å²) in [5, 5.41) is 0. The van der Waals surface area contributed by atoms with E-state index in [4.69, 9.17) is 0 Å². The maximum atomic E-state index is 12.4. The minimum atomic E-state index is -0.300. The van der Waals surface area contributed by atoms with Crippen LogP contribution >= 0.6 is 0 Å². The molecule has 0 bridgehead atoms. The summed E-state index contributed by atoms with van der Waals surface area (Å²) in [4.78, 5) is 5.49. The fourth-order valence-corrected chi connectivity index (χ4v) is 0.645. The van der Waals surface area contributed by atoms with Gasteiger partial charge in [0.05, 0.1) is 18.1 Å². The van der Waals surface area contributed by atoms with Gasteiger partial charge in [0.2, 0.25) is 0 Å². The van der Waals surface area contributed by atoms with E-state index in [1.54, 1.807) is 11.1 Å². The molecular weight excluding hydrogens is 155 g/mol. The lowest BCUT2D eigenvalue weighted by Gasteiger charge is -2.10. The van der Waals surface area contributed by atoms with E-state index in [2.05, 4.69) is 4.98 Å². The monoisotopic (exact) mass is 170 g/mol. The Labute approximate surface area is 73.0 Å². The molecule has 0 spiro atoms. The van der Waals surface area contributed by atoms with Crippen molar-refractivity contribution in [3.8, 4) is 0 Å². The maximum Gasteiger partial charge on any atom is 0.143 e. The molecule has 0 fully saturated rings. The van der Waals surface area contributed by atoms with Crippen molar-refractivity contribution in [2.75, 3.05) is 19.0 Å². The Bertz CT molecular complexity index is 224. The van der Waals surface area contributed by atoms with Crippen molar-refractivity contribution in [2.24, 2.45) is 0 Å². The molecule has 0 saturated carbocycles. The number of anilines is 1. The number of hydrogen-bond acceptors (Lipinski definition) is 2. The van der Waals surface area contributed by atoms with Gasteiger partial charge in [-0.05, 0) is 0 Å². The third-order valence-corrected chi connectivity index (χ3v) is 1.21. The Balaban J connectivity index is 0.000000561. The van der Waals surface area contributed by atoms with Crippen LogP contribution in [0.2, 0.25) is 0 Å². The molecule has 0 aliphatic rings. The lowest BCUT2D eigenvalue weighted by molar-refractivity contribution is 0.621. The molecule has 0 radical (unpaired) electrons. The first-order valence-electron chi connectivity index (χ1n) is 3.98. The highest BCUT2D eigenvalue weighted by Gasteiger charge is 1.95. The smallest absolute Gasteiger partial charge is 0.143 e. The van der Waals surface area contributed by atoms with E-state index < -0.39 is 0 Å². The van der Waals surface area contributed by atoms with E-state index in [-0.39, 0.29) is 5.82 Å². The number of pyridine rings is 1. The molecule has 0 unspecified atom stereocenters. The molecule has 1 rings (SSSR count). The highest BCUT2D eigenvalue weighted by molar-refractivity contribution is 5.41. The molecule has 0 aliphatic carbocycles. The van der Waals surface area contributed by atoms with E-state index in [0.29, 0.717) is 0 Å². The van der Waals surface area contributed by atoms with Crippen molar-refractivity contribution in [3.05, 3.63) is 24.3 Å². The van der Waals surface area contributed by atoms with E-state index >= 15 is 0 Å². The maximum absolute atomic E-state index is 12.4. The van der Waals surface area contributed by atoms with Crippen molar-refractivity contribution in [2.45, 2.75) is 13.8 Å². The van der Waals surface area contributed by atoms with E-state index in [0.717, 1.165) is 5.69 Å². The van der Waals surface area contributed by atoms with Crippen LogP contribution in [0.15, 0.2) is 18.5 Å². The van der Waals surface area contributed by atoms with Gasteiger partial charge in [-0.1, -0.05) is 13.8 Å². The summed E-state index contributed by atoms with van der Waals surface area (Å²) in [6.07, 6.45) is 2.80. The topological polar surface area (TPSA) is 16.1 Å². The van der Waals surface area contributed by atoms with Crippen LogP contribution in [0.25, 0.3) is 0 Å². The molecule has 0 saturated heterocycles. The lowest BCUT2D eigenvalue weighted by atomic mass is 10.4. The summed E-state index contributed by atoms with van der Waals surface area (Å²) < 4.78 is 12.4. The SMILES string of the molecule is CC.CN(C)c1cncc(F)c1. The summed E-state index contributed by atoms with van der Waals surface area (Å²) in [5.41, 5.74) is 0.778. The fourth-order valence-electron chi connectivity index (χ4n) is 0.645. The van der Waals surface area contributed by atoms with Gasteiger partial charge in [-0.2, -0.15) is 0 Å². The zero-order chi connectivity index (χ0) is 9.56. The average Bonchev–Trinajstić information content (AvgIpc) is 2.08. The van der Waals surface area contributed by atoms with Crippen LogP contribution in [-0.2, 0) is 0 Å². The Morgan fingerprint density at radius 3 is 2.17 bits per heavy atom. The third kappa shape index (κ3) is 3.32. The third-order valence-electron chi connectivity index (χ3n) is 1.21. The van der Waals surface area contributed by atoms with Gasteiger partial charge in [-0.15, -0.1) is 0 Å². The lowest BCUT2D eigenvalue weighted by Crippen LogP contribution is -2.08. The van der Waals surface area contributed by atoms with Crippen LogP contribution in [-0.4, -0.2) is 19.1 Å². The predicted molar refractivity (Wildman–Crippen MR) is 49.9 cm³/mol. The molecule has 0 amide bonds. The summed E-state index contributed by atoms with van der Waals surface area (Å²) in [5.74, 6) is -0.300.